The molecule has 0 saturated carbocycles. The molecule has 35 heavy (non-hydrogen) atoms. The molecular weight excluding hydrogens is 426 g/mol. The lowest BCUT2D eigenvalue weighted by atomic mass is 9.70. The molecule has 0 aliphatic heterocycles. The number of fused-ring (bicyclic) bond motifs is 1. The van der Waals surface area contributed by atoms with Crippen LogP contribution in [0.15, 0.2) is 52.2 Å². The van der Waals surface area contributed by atoms with E-state index in [-0.39, 0.29) is 5.41 Å². The number of aliphatic imine (C=N–C) groups is 2. The largest absolute Gasteiger partial charge is 0.296 e. The maximum atomic E-state index is 4.97. The van der Waals surface area contributed by atoms with Crippen molar-refractivity contribution in [2.75, 3.05) is 7.05 Å². The van der Waals surface area contributed by atoms with Crippen LogP contribution in [0.25, 0.3) is 33.7 Å². The summed E-state index contributed by atoms with van der Waals surface area (Å²) in [5, 5.41) is 4.06. The molecule has 0 N–H and O–H groups in total. The molecule has 2 aromatic carbocycles. The fraction of sp³-hybridized carbons (Fsp3) is 0.344. The van der Waals surface area contributed by atoms with Crippen LogP contribution in [0.4, 0.5) is 0 Å². The van der Waals surface area contributed by atoms with E-state index in [0.717, 1.165) is 36.8 Å². The molecule has 1 atom stereocenters. The van der Waals surface area contributed by atoms with Crippen LogP contribution in [-0.4, -0.2) is 25.0 Å². The summed E-state index contributed by atoms with van der Waals surface area (Å²) in [6.45, 7) is 12.8. The predicted molar refractivity (Wildman–Crippen MR) is 151 cm³/mol. The second-order valence-corrected chi connectivity index (χ2v) is 10.2. The highest BCUT2D eigenvalue weighted by molar-refractivity contribution is 5.99. The quantitative estimate of drug-likeness (QED) is 0.435. The lowest BCUT2D eigenvalue weighted by molar-refractivity contribution is 0.565. The molecule has 2 aliphatic carbocycles. The first-order chi connectivity index (χ1) is 16.9. The molecule has 5 rings (SSSR count). The molecule has 2 aliphatic rings. The topological polar surface area (TPSA) is 37.6 Å². The summed E-state index contributed by atoms with van der Waals surface area (Å²) in [7, 11) is 1.82. The van der Waals surface area contributed by atoms with Gasteiger partial charge in [-0.15, -0.1) is 0 Å². The summed E-state index contributed by atoms with van der Waals surface area (Å²) in [4.78, 5) is 13.4. The van der Waals surface area contributed by atoms with Crippen molar-refractivity contribution in [1.29, 1.82) is 0 Å². The standard InChI is InChI=1S/C32H35N3/c1-7-25-20(2)17-28-21(3)32(4,24(18-33-5)19-34-6)15-13-26(28)30(25)27-12-11-22-9-8-10-23-14-16-35-31(27)29(22)23/h11-14,16-19H,5,7-10,15H2,1-4,6H3/b24-18+,34-19?. The fourth-order valence-electron chi connectivity index (χ4n) is 6.31. The highest BCUT2D eigenvalue weighted by Gasteiger charge is 2.33. The van der Waals surface area contributed by atoms with Crippen LogP contribution in [0.5, 0.6) is 0 Å². The number of allylic oxidation sites excluding steroid dienone is 1. The Labute approximate surface area is 208 Å². The van der Waals surface area contributed by atoms with Gasteiger partial charge < -0.3 is 0 Å². The van der Waals surface area contributed by atoms with Crippen LogP contribution < -0.4 is 10.4 Å². The van der Waals surface area contributed by atoms with Crippen LogP contribution >= 0.6 is 0 Å². The molecule has 0 bridgehead atoms. The van der Waals surface area contributed by atoms with Crippen LogP contribution in [0.1, 0.15) is 55.9 Å². The van der Waals surface area contributed by atoms with Crippen LogP contribution in [-0.2, 0) is 19.3 Å². The smallest absolute Gasteiger partial charge is 0.0786 e. The molecule has 0 radical (unpaired) electrons. The van der Waals surface area contributed by atoms with Gasteiger partial charge >= 0.3 is 0 Å². The Bertz CT molecular complexity index is 1530. The average molecular weight is 462 g/mol. The minimum atomic E-state index is -0.177. The van der Waals surface area contributed by atoms with E-state index in [2.05, 4.69) is 74.7 Å². The molecule has 3 heteroatoms. The number of rotatable bonds is 5. The van der Waals surface area contributed by atoms with Gasteiger partial charge in [0, 0.05) is 42.0 Å². The molecule has 1 heterocycles. The monoisotopic (exact) mass is 461 g/mol. The van der Waals surface area contributed by atoms with Gasteiger partial charge in [-0.3, -0.25) is 15.0 Å². The van der Waals surface area contributed by atoms with E-state index < -0.39 is 0 Å². The first-order valence-corrected chi connectivity index (χ1v) is 12.8. The molecule has 178 valence electrons. The molecule has 3 nitrogen and oxygen atoms in total. The van der Waals surface area contributed by atoms with Gasteiger partial charge in [-0.1, -0.05) is 43.7 Å². The Morgan fingerprint density at radius 1 is 1.17 bits per heavy atom. The van der Waals surface area contributed by atoms with Crippen molar-refractivity contribution in [2.24, 2.45) is 15.4 Å². The second-order valence-electron chi connectivity index (χ2n) is 10.2. The lowest BCUT2D eigenvalue weighted by Gasteiger charge is -2.34. The van der Waals surface area contributed by atoms with E-state index in [9.17, 15) is 0 Å². The number of nitrogens with zero attached hydrogens (tertiary/aromatic N) is 3. The van der Waals surface area contributed by atoms with E-state index in [1.54, 1.807) is 0 Å². The lowest BCUT2D eigenvalue weighted by Crippen LogP contribution is -2.40. The minimum Gasteiger partial charge on any atom is -0.296 e. The Hall–Kier alpha value is -3.33. The molecule has 0 spiro atoms. The Morgan fingerprint density at radius 2 is 1.94 bits per heavy atom. The predicted octanol–water partition coefficient (Wildman–Crippen LogP) is 5.91. The third kappa shape index (κ3) is 3.60. The van der Waals surface area contributed by atoms with Crippen molar-refractivity contribution in [3.05, 3.63) is 74.9 Å². The molecule has 0 amide bonds. The van der Waals surface area contributed by atoms with Gasteiger partial charge in [-0.05, 0) is 103 Å². The highest BCUT2D eigenvalue weighted by Crippen LogP contribution is 2.41. The Morgan fingerprint density at radius 3 is 2.66 bits per heavy atom. The zero-order valence-electron chi connectivity index (χ0n) is 21.7. The van der Waals surface area contributed by atoms with E-state index >= 15 is 0 Å². The number of pyridine rings is 1. The van der Waals surface area contributed by atoms with Crippen LogP contribution in [0, 0.1) is 12.3 Å². The maximum absolute atomic E-state index is 4.97. The van der Waals surface area contributed by atoms with Gasteiger partial charge in [0.1, 0.15) is 0 Å². The zero-order valence-corrected chi connectivity index (χ0v) is 21.7. The first-order valence-electron chi connectivity index (χ1n) is 12.8. The molecule has 0 fully saturated rings. The second kappa shape index (κ2) is 9.03. The van der Waals surface area contributed by atoms with Crippen molar-refractivity contribution < 1.29 is 0 Å². The molecule has 0 saturated heterocycles. The van der Waals surface area contributed by atoms with Gasteiger partial charge in [-0.25, -0.2) is 0 Å². The van der Waals surface area contributed by atoms with Crippen molar-refractivity contribution in [3.8, 4) is 11.1 Å². The SMILES string of the molecule is C=N/C=C(\C=NC)C1(C)CC=c2c(-c3ccc4c5c(ccnc35)CCC4)c(CC)c(C)cc2=C1C. The summed E-state index contributed by atoms with van der Waals surface area (Å²) in [6, 6.07) is 9.30. The molecule has 1 aromatic heterocycles. The molecule has 3 aromatic rings. The summed E-state index contributed by atoms with van der Waals surface area (Å²) >= 11 is 0. The summed E-state index contributed by atoms with van der Waals surface area (Å²) in [6.07, 6.45) is 13.6. The zero-order chi connectivity index (χ0) is 24.7. The normalized spacial score (nSPS) is 19.7. The van der Waals surface area contributed by atoms with Crippen LogP contribution in [0.3, 0.4) is 0 Å². The van der Waals surface area contributed by atoms with Gasteiger partial charge in [0.05, 0.1) is 5.52 Å². The van der Waals surface area contributed by atoms with Crippen LogP contribution in [0.2, 0.25) is 0 Å². The summed E-state index contributed by atoms with van der Waals surface area (Å²) < 4.78 is 0. The minimum absolute atomic E-state index is 0.177. The Balaban J connectivity index is 1.88. The molecule has 1 unspecified atom stereocenters. The number of aromatic nitrogens is 1. The van der Waals surface area contributed by atoms with E-state index in [0.29, 0.717) is 0 Å². The maximum Gasteiger partial charge on any atom is 0.0786 e. The van der Waals surface area contributed by atoms with Gasteiger partial charge in [-0.2, -0.15) is 0 Å². The number of hydrogen-bond acceptors (Lipinski definition) is 3. The summed E-state index contributed by atoms with van der Waals surface area (Å²) in [5.74, 6) is 0. The number of aryl methyl sites for hydroxylation is 3. The van der Waals surface area contributed by atoms with Crippen molar-refractivity contribution >= 4 is 35.5 Å². The van der Waals surface area contributed by atoms with Gasteiger partial charge in [0.25, 0.3) is 0 Å². The van der Waals surface area contributed by atoms with E-state index in [1.165, 1.54) is 61.2 Å². The van der Waals surface area contributed by atoms with E-state index in [1.807, 2.05) is 25.7 Å². The average Bonchev–Trinajstić information content (AvgIpc) is 2.86. The number of benzene rings is 2. The third-order valence-corrected chi connectivity index (χ3v) is 8.36. The van der Waals surface area contributed by atoms with Crippen molar-refractivity contribution in [1.82, 2.24) is 4.98 Å². The van der Waals surface area contributed by atoms with Gasteiger partial charge in [0.2, 0.25) is 0 Å². The van der Waals surface area contributed by atoms with Gasteiger partial charge in [0.15, 0.2) is 0 Å². The van der Waals surface area contributed by atoms with Crippen molar-refractivity contribution in [3.63, 3.8) is 0 Å². The fourth-order valence-corrected chi connectivity index (χ4v) is 6.31. The highest BCUT2D eigenvalue weighted by atomic mass is 14.7. The van der Waals surface area contributed by atoms with Crippen molar-refractivity contribution in [2.45, 2.75) is 59.8 Å². The molecular formula is C32H35N3. The first kappa shape index (κ1) is 23.4. The summed E-state index contributed by atoms with van der Waals surface area (Å²) in [5.41, 5.74) is 11.7. The Kier molecular flexibility index (Phi) is 6.04. The third-order valence-electron chi connectivity index (χ3n) is 8.36. The number of hydrogen-bond donors (Lipinski definition) is 0. The van der Waals surface area contributed by atoms with E-state index in [4.69, 9.17) is 4.98 Å².